The van der Waals surface area contributed by atoms with Crippen LogP contribution in [0, 0.1) is 11.8 Å². The highest BCUT2D eigenvalue weighted by Crippen LogP contribution is 2.28. The van der Waals surface area contributed by atoms with Gasteiger partial charge in [0.2, 0.25) is 0 Å². The molecule has 2 aliphatic heterocycles. The maximum atomic E-state index is 3.66. The van der Waals surface area contributed by atoms with Crippen LogP contribution < -0.4 is 5.32 Å². The van der Waals surface area contributed by atoms with Crippen LogP contribution in [-0.2, 0) is 0 Å². The Balaban J connectivity index is 1.83. The molecular formula is C15H30N2S. The average molecular weight is 270 g/mol. The summed E-state index contributed by atoms with van der Waals surface area (Å²) in [7, 11) is 0. The molecule has 2 rings (SSSR count). The molecular weight excluding hydrogens is 240 g/mol. The maximum absolute atomic E-state index is 3.66. The van der Waals surface area contributed by atoms with Crippen molar-refractivity contribution in [3.8, 4) is 0 Å². The number of hydrogen-bond donors (Lipinski definition) is 1. The molecule has 0 aliphatic carbocycles. The Morgan fingerprint density at radius 1 is 1.17 bits per heavy atom. The lowest BCUT2D eigenvalue weighted by Crippen LogP contribution is -2.54. The first-order valence-electron chi connectivity index (χ1n) is 7.77. The van der Waals surface area contributed by atoms with Crippen LogP contribution in [0.5, 0.6) is 0 Å². The highest BCUT2D eigenvalue weighted by atomic mass is 32.2. The van der Waals surface area contributed by atoms with Crippen molar-refractivity contribution >= 4 is 11.8 Å². The maximum Gasteiger partial charge on any atom is 0.0120 e. The third kappa shape index (κ3) is 3.64. The van der Waals surface area contributed by atoms with Gasteiger partial charge in [-0.05, 0) is 62.6 Å². The summed E-state index contributed by atoms with van der Waals surface area (Å²) in [6, 6.07) is 1.49. The molecule has 0 aromatic rings. The first-order chi connectivity index (χ1) is 8.72. The van der Waals surface area contributed by atoms with Gasteiger partial charge in [0.25, 0.3) is 0 Å². The fourth-order valence-electron chi connectivity index (χ4n) is 3.51. The third-order valence-corrected chi connectivity index (χ3v) is 6.05. The smallest absolute Gasteiger partial charge is 0.0120 e. The van der Waals surface area contributed by atoms with Crippen LogP contribution in [0.1, 0.15) is 40.0 Å². The second-order valence-electron chi connectivity index (χ2n) is 6.10. The van der Waals surface area contributed by atoms with Crippen molar-refractivity contribution in [2.24, 2.45) is 11.8 Å². The van der Waals surface area contributed by atoms with Gasteiger partial charge in [-0.15, -0.1) is 0 Å². The average Bonchev–Trinajstić information content (AvgIpc) is 2.40. The van der Waals surface area contributed by atoms with E-state index in [2.05, 4.69) is 42.7 Å². The van der Waals surface area contributed by atoms with E-state index in [-0.39, 0.29) is 0 Å². The van der Waals surface area contributed by atoms with Gasteiger partial charge in [-0.2, -0.15) is 11.8 Å². The minimum absolute atomic E-state index is 0.739. The molecule has 1 N–H and O–H groups in total. The summed E-state index contributed by atoms with van der Waals surface area (Å²) < 4.78 is 0. The lowest BCUT2D eigenvalue weighted by atomic mass is 9.86. The van der Waals surface area contributed by atoms with Crippen LogP contribution in [0.15, 0.2) is 0 Å². The second kappa shape index (κ2) is 7.16. The van der Waals surface area contributed by atoms with Gasteiger partial charge < -0.3 is 10.2 Å². The van der Waals surface area contributed by atoms with Gasteiger partial charge in [-0.25, -0.2) is 0 Å². The third-order valence-electron chi connectivity index (χ3n) is 5.00. The monoisotopic (exact) mass is 270 g/mol. The first kappa shape index (κ1) is 14.7. The van der Waals surface area contributed by atoms with Gasteiger partial charge >= 0.3 is 0 Å². The van der Waals surface area contributed by atoms with Crippen molar-refractivity contribution in [2.75, 3.05) is 31.1 Å². The zero-order valence-corrected chi connectivity index (χ0v) is 13.1. The second-order valence-corrected chi connectivity index (χ2v) is 7.33. The molecule has 2 saturated heterocycles. The molecule has 0 aromatic heterocycles. The Morgan fingerprint density at radius 3 is 2.56 bits per heavy atom. The van der Waals surface area contributed by atoms with Crippen molar-refractivity contribution in [3.63, 3.8) is 0 Å². The number of hydrogen-bond acceptors (Lipinski definition) is 3. The minimum atomic E-state index is 0.739. The summed E-state index contributed by atoms with van der Waals surface area (Å²) in [6.45, 7) is 10.9. The molecule has 2 nitrogen and oxygen atoms in total. The molecule has 0 amide bonds. The Labute approximate surface area is 117 Å². The summed E-state index contributed by atoms with van der Waals surface area (Å²) in [5.74, 6) is 4.54. The van der Waals surface area contributed by atoms with Gasteiger partial charge in [-0.1, -0.05) is 13.8 Å². The minimum Gasteiger partial charge on any atom is -0.314 e. The number of nitrogens with zero attached hydrogens (tertiary/aromatic N) is 1. The molecule has 0 radical (unpaired) electrons. The lowest BCUT2D eigenvalue weighted by molar-refractivity contribution is 0.0694. The van der Waals surface area contributed by atoms with Gasteiger partial charge in [0.1, 0.15) is 0 Å². The summed E-state index contributed by atoms with van der Waals surface area (Å²) in [6.07, 6.45) is 4.22. The van der Waals surface area contributed by atoms with Crippen molar-refractivity contribution < 1.29 is 0 Å². The van der Waals surface area contributed by atoms with E-state index in [1.54, 1.807) is 0 Å². The molecule has 3 unspecified atom stereocenters. The Hall–Kier alpha value is 0.270. The van der Waals surface area contributed by atoms with E-state index in [4.69, 9.17) is 0 Å². The molecule has 106 valence electrons. The van der Waals surface area contributed by atoms with Gasteiger partial charge in [0.05, 0.1) is 0 Å². The number of piperidine rings is 1. The van der Waals surface area contributed by atoms with Crippen molar-refractivity contribution in [1.82, 2.24) is 10.2 Å². The van der Waals surface area contributed by atoms with Crippen molar-refractivity contribution in [3.05, 3.63) is 0 Å². The van der Waals surface area contributed by atoms with E-state index in [1.807, 2.05) is 0 Å². The molecule has 3 heteroatoms. The van der Waals surface area contributed by atoms with Gasteiger partial charge in [0.15, 0.2) is 0 Å². The van der Waals surface area contributed by atoms with E-state index in [0.29, 0.717) is 0 Å². The Morgan fingerprint density at radius 2 is 1.89 bits per heavy atom. The SMILES string of the molecule is CCNC1CCN(CC2CCSCC2)C(C)C1C. The highest BCUT2D eigenvalue weighted by molar-refractivity contribution is 7.99. The van der Waals surface area contributed by atoms with Crippen molar-refractivity contribution in [1.29, 1.82) is 0 Å². The van der Waals surface area contributed by atoms with Gasteiger partial charge in [0, 0.05) is 18.6 Å². The zero-order valence-electron chi connectivity index (χ0n) is 12.3. The molecule has 18 heavy (non-hydrogen) atoms. The number of rotatable bonds is 4. The molecule has 2 fully saturated rings. The molecule has 0 aromatic carbocycles. The quantitative estimate of drug-likeness (QED) is 0.846. The molecule has 0 spiro atoms. The summed E-state index contributed by atoms with van der Waals surface area (Å²) in [5, 5.41) is 3.66. The van der Waals surface area contributed by atoms with Crippen LogP contribution in [-0.4, -0.2) is 48.1 Å². The fourth-order valence-corrected chi connectivity index (χ4v) is 4.71. The summed E-state index contributed by atoms with van der Waals surface area (Å²) in [5.41, 5.74) is 0. The predicted octanol–water partition coefficient (Wildman–Crippen LogP) is 2.84. The topological polar surface area (TPSA) is 15.3 Å². The predicted molar refractivity (Wildman–Crippen MR) is 82.3 cm³/mol. The van der Waals surface area contributed by atoms with Crippen LogP contribution in [0.4, 0.5) is 0 Å². The first-order valence-corrected chi connectivity index (χ1v) is 8.93. The van der Waals surface area contributed by atoms with E-state index >= 15 is 0 Å². The molecule has 2 aliphatic rings. The summed E-state index contributed by atoms with van der Waals surface area (Å²) in [4.78, 5) is 2.76. The number of thioether (sulfide) groups is 1. The lowest BCUT2D eigenvalue weighted by Gasteiger charge is -2.44. The normalized spacial score (nSPS) is 35.8. The van der Waals surface area contributed by atoms with E-state index in [1.165, 1.54) is 43.9 Å². The van der Waals surface area contributed by atoms with Crippen LogP contribution in [0.2, 0.25) is 0 Å². The summed E-state index contributed by atoms with van der Waals surface area (Å²) >= 11 is 2.14. The zero-order chi connectivity index (χ0) is 13.0. The van der Waals surface area contributed by atoms with Gasteiger partial charge in [-0.3, -0.25) is 0 Å². The number of nitrogens with one attached hydrogen (secondary N) is 1. The molecule has 0 saturated carbocycles. The largest absolute Gasteiger partial charge is 0.314 e. The van der Waals surface area contributed by atoms with E-state index < -0.39 is 0 Å². The molecule has 3 atom stereocenters. The molecule has 0 bridgehead atoms. The standard InChI is InChI=1S/C15H30N2S/c1-4-16-15-5-8-17(13(3)12(15)2)11-14-6-9-18-10-7-14/h12-16H,4-11H2,1-3H3. The van der Waals surface area contributed by atoms with E-state index in [0.717, 1.165) is 30.5 Å². The molecule has 2 heterocycles. The number of likely N-dealkylation sites (tertiary alicyclic amines) is 1. The fraction of sp³-hybridized carbons (Fsp3) is 1.00. The van der Waals surface area contributed by atoms with Crippen LogP contribution in [0.25, 0.3) is 0 Å². The Bertz CT molecular complexity index is 241. The van der Waals surface area contributed by atoms with Crippen LogP contribution in [0.3, 0.4) is 0 Å². The highest BCUT2D eigenvalue weighted by Gasteiger charge is 2.32. The van der Waals surface area contributed by atoms with E-state index in [9.17, 15) is 0 Å². The Kier molecular flexibility index (Phi) is 5.84. The van der Waals surface area contributed by atoms with Crippen LogP contribution >= 0.6 is 11.8 Å². The van der Waals surface area contributed by atoms with Crippen molar-refractivity contribution in [2.45, 2.75) is 52.1 Å².